The van der Waals surface area contributed by atoms with Gasteiger partial charge in [0.25, 0.3) is 0 Å². The molecule has 0 saturated heterocycles. The zero-order valence-corrected chi connectivity index (χ0v) is 10.7. The Hall–Kier alpha value is 0.0700. The van der Waals surface area contributed by atoms with Crippen LogP contribution in [0.25, 0.3) is 0 Å². The van der Waals surface area contributed by atoms with E-state index in [4.69, 9.17) is 5.73 Å². The fourth-order valence-corrected chi connectivity index (χ4v) is 3.47. The van der Waals surface area contributed by atoms with Crippen LogP contribution in [0.1, 0.15) is 41.5 Å². The summed E-state index contributed by atoms with van der Waals surface area (Å²) in [7, 11) is 0. The Morgan fingerprint density at radius 2 is 2.00 bits per heavy atom. The average Bonchev–Trinajstić information content (AvgIpc) is 2.48. The maximum absolute atomic E-state index is 5.88. The van der Waals surface area contributed by atoms with Crippen LogP contribution in [0.15, 0.2) is 4.60 Å². The minimum Gasteiger partial charge on any atom is -0.328 e. The standard InChI is InChI=1S/C10H15BrN2S/c1-6-9(11)13-10(14-6)7-2-4-8(12)5-3-7/h7-8H,2-5,12H2,1H3. The quantitative estimate of drug-likeness (QED) is 0.854. The van der Waals surface area contributed by atoms with Gasteiger partial charge in [0.2, 0.25) is 0 Å². The lowest BCUT2D eigenvalue weighted by Crippen LogP contribution is -2.25. The highest BCUT2D eigenvalue weighted by Gasteiger charge is 2.22. The molecule has 14 heavy (non-hydrogen) atoms. The molecule has 1 saturated carbocycles. The van der Waals surface area contributed by atoms with Crippen LogP contribution >= 0.6 is 27.3 Å². The summed E-state index contributed by atoms with van der Waals surface area (Å²) < 4.78 is 1.02. The largest absolute Gasteiger partial charge is 0.328 e. The zero-order chi connectivity index (χ0) is 10.1. The fourth-order valence-electron chi connectivity index (χ4n) is 1.94. The summed E-state index contributed by atoms with van der Waals surface area (Å²) >= 11 is 5.29. The first-order valence-electron chi connectivity index (χ1n) is 5.05. The van der Waals surface area contributed by atoms with E-state index >= 15 is 0 Å². The smallest absolute Gasteiger partial charge is 0.120 e. The normalized spacial score (nSPS) is 27.9. The molecule has 2 N–H and O–H groups in total. The van der Waals surface area contributed by atoms with Crippen molar-refractivity contribution in [3.63, 3.8) is 0 Å². The molecule has 1 fully saturated rings. The fraction of sp³-hybridized carbons (Fsp3) is 0.700. The van der Waals surface area contributed by atoms with Gasteiger partial charge in [-0.25, -0.2) is 4.98 Å². The SMILES string of the molecule is Cc1sc(C2CCC(N)CC2)nc1Br. The average molecular weight is 275 g/mol. The minimum atomic E-state index is 0.427. The topological polar surface area (TPSA) is 38.9 Å². The summed E-state index contributed by atoms with van der Waals surface area (Å²) in [6.07, 6.45) is 4.73. The van der Waals surface area contributed by atoms with E-state index in [2.05, 4.69) is 27.8 Å². The highest BCUT2D eigenvalue weighted by molar-refractivity contribution is 9.10. The van der Waals surface area contributed by atoms with Crippen molar-refractivity contribution in [1.82, 2.24) is 4.98 Å². The van der Waals surface area contributed by atoms with Crippen molar-refractivity contribution in [2.75, 3.05) is 0 Å². The number of rotatable bonds is 1. The zero-order valence-electron chi connectivity index (χ0n) is 8.29. The molecule has 0 amide bonds. The number of hydrogen-bond donors (Lipinski definition) is 1. The molecule has 0 aliphatic heterocycles. The minimum absolute atomic E-state index is 0.427. The van der Waals surface area contributed by atoms with Gasteiger partial charge < -0.3 is 5.73 Å². The number of halogens is 1. The number of nitrogens with zero attached hydrogens (tertiary/aromatic N) is 1. The molecule has 0 spiro atoms. The Kier molecular flexibility index (Phi) is 3.24. The predicted octanol–water partition coefficient (Wildman–Crippen LogP) is 3.20. The van der Waals surface area contributed by atoms with Crippen molar-refractivity contribution in [2.24, 2.45) is 5.73 Å². The van der Waals surface area contributed by atoms with Crippen LogP contribution in [0.4, 0.5) is 0 Å². The summed E-state index contributed by atoms with van der Waals surface area (Å²) in [4.78, 5) is 5.84. The molecule has 0 atom stereocenters. The van der Waals surface area contributed by atoms with Gasteiger partial charge in [0.15, 0.2) is 0 Å². The lowest BCUT2D eigenvalue weighted by Gasteiger charge is -2.24. The third kappa shape index (κ3) is 2.18. The molecule has 0 bridgehead atoms. The van der Waals surface area contributed by atoms with E-state index < -0.39 is 0 Å². The molecular weight excluding hydrogens is 260 g/mol. The summed E-state index contributed by atoms with van der Waals surface area (Å²) in [6.45, 7) is 2.11. The van der Waals surface area contributed by atoms with Crippen molar-refractivity contribution < 1.29 is 0 Å². The van der Waals surface area contributed by atoms with E-state index in [1.54, 1.807) is 0 Å². The molecule has 2 nitrogen and oxygen atoms in total. The van der Waals surface area contributed by atoms with Crippen molar-refractivity contribution in [3.05, 3.63) is 14.5 Å². The van der Waals surface area contributed by atoms with Crippen LogP contribution in [-0.4, -0.2) is 11.0 Å². The number of aromatic nitrogens is 1. The second-order valence-corrected chi connectivity index (χ2v) is 6.00. The van der Waals surface area contributed by atoms with Crippen LogP contribution in [0.2, 0.25) is 0 Å². The molecular formula is C10H15BrN2S. The van der Waals surface area contributed by atoms with Crippen LogP contribution in [0.5, 0.6) is 0 Å². The van der Waals surface area contributed by atoms with Gasteiger partial charge in [-0.1, -0.05) is 0 Å². The maximum atomic E-state index is 5.88. The van der Waals surface area contributed by atoms with Crippen LogP contribution in [0, 0.1) is 6.92 Å². The van der Waals surface area contributed by atoms with Crippen molar-refractivity contribution in [3.8, 4) is 0 Å². The summed E-state index contributed by atoms with van der Waals surface area (Å²) in [5.41, 5.74) is 5.88. The predicted molar refractivity (Wildman–Crippen MR) is 63.7 cm³/mol. The third-order valence-electron chi connectivity index (χ3n) is 2.88. The Labute approximate surface area is 97.0 Å². The monoisotopic (exact) mass is 274 g/mol. The first kappa shape index (κ1) is 10.6. The summed E-state index contributed by atoms with van der Waals surface area (Å²) in [6, 6.07) is 0.427. The number of aryl methyl sites for hydroxylation is 1. The highest BCUT2D eigenvalue weighted by Crippen LogP contribution is 2.36. The number of thiazole rings is 1. The first-order chi connectivity index (χ1) is 6.66. The molecule has 1 aliphatic rings. The number of hydrogen-bond acceptors (Lipinski definition) is 3. The van der Waals surface area contributed by atoms with E-state index in [1.165, 1.54) is 22.7 Å². The van der Waals surface area contributed by atoms with E-state index in [0.29, 0.717) is 12.0 Å². The van der Waals surface area contributed by atoms with Gasteiger partial charge in [-0.3, -0.25) is 0 Å². The molecule has 1 aliphatic carbocycles. The first-order valence-corrected chi connectivity index (χ1v) is 6.66. The highest BCUT2D eigenvalue weighted by atomic mass is 79.9. The van der Waals surface area contributed by atoms with Crippen molar-refractivity contribution >= 4 is 27.3 Å². The van der Waals surface area contributed by atoms with Crippen molar-refractivity contribution in [1.29, 1.82) is 0 Å². The van der Waals surface area contributed by atoms with E-state index in [-0.39, 0.29) is 0 Å². The third-order valence-corrected chi connectivity index (χ3v) is 5.05. The van der Waals surface area contributed by atoms with Gasteiger partial charge in [0.1, 0.15) is 4.60 Å². The second-order valence-electron chi connectivity index (χ2n) is 4.01. The van der Waals surface area contributed by atoms with E-state index in [9.17, 15) is 0 Å². The number of nitrogens with two attached hydrogens (primary N) is 1. The van der Waals surface area contributed by atoms with Crippen molar-refractivity contribution in [2.45, 2.75) is 44.6 Å². The van der Waals surface area contributed by atoms with Gasteiger partial charge in [0, 0.05) is 16.8 Å². The molecule has 1 heterocycles. The molecule has 0 aromatic carbocycles. The van der Waals surface area contributed by atoms with Gasteiger partial charge in [-0.2, -0.15) is 0 Å². The molecule has 0 radical (unpaired) electrons. The van der Waals surface area contributed by atoms with Crippen LogP contribution in [0.3, 0.4) is 0 Å². The molecule has 4 heteroatoms. The molecule has 1 aromatic heterocycles. The molecule has 2 rings (SSSR count). The molecule has 0 unspecified atom stereocenters. The van der Waals surface area contributed by atoms with Gasteiger partial charge in [-0.15, -0.1) is 11.3 Å². The van der Waals surface area contributed by atoms with E-state index in [1.807, 2.05) is 11.3 Å². The van der Waals surface area contributed by atoms with Gasteiger partial charge in [0.05, 0.1) is 5.01 Å². The Morgan fingerprint density at radius 1 is 1.36 bits per heavy atom. The molecule has 1 aromatic rings. The van der Waals surface area contributed by atoms with Crippen LogP contribution < -0.4 is 5.73 Å². The lowest BCUT2D eigenvalue weighted by molar-refractivity contribution is 0.394. The Balaban J connectivity index is 2.08. The Bertz CT molecular complexity index is 296. The van der Waals surface area contributed by atoms with Crippen LogP contribution in [-0.2, 0) is 0 Å². The maximum Gasteiger partial charge on any atom is 0.120 e. The summed E-state index contributed by atoms with van der Waals surface area (Å²) in [5.74, 6) is 0.657. The van der Waals surface area contributed by atoms with E-state index in [0.717, 1.165) is 17.4 Å². The second kappa shape index (κ2) is 4.29. The van der Waals surface area contributed by atoms with Gasteiger partial charge in [-0.05, 0) is 48.5 Å². The van der Waals surface area contributed by atoms with Gasteiger partial charge >= 0.3 is 0 Å². The Morgan fingerprint density at radius 3 is 2.50 bits per heavy atom. The molecule has 78 valence electrons. The lowest BCUT2D eigenvalue weighted by atomic mass is 9.87. The summed E-state index contributed by atoms with van der Waals surface area (Å²) in [5, 5.41) is 1.29.